The predicted octanol–water partition coefficient (Wildman–Crippen LogP) is -1.35. The monoisotopic (exact) mass is 1240 g/mol. The topological polar surface area (TPSA) is 399 Å². The van der Waals surface area contributed by atoms with Crippen molar-refractivity contribution in [2.24, 2.45) is 17.8 Å². The van der Waals surface area contributed by atoms with Crippen molar-refractivity contribution in [1.82, 2.24) is 35.6 Å². The van der Waals surface area contributed by atoms with Crippen molar-refractivity contribution in [3.63, 3.8) is 0 Å². The number of ether oxygens (including phenoxy) is 5. The highest BCUT2D eigenvalue weighted by atomic mass is 16.7. The summed E-state index contributed by atoms with van der Waals surface area (Å²) in [5.41, 5.74) is 0.785. The fraction of sp³-hybridized carbons (Fsp3) is 0.593. The molecule has 2 saturated heterocycles. The molecule has 2 aromatic carbocycles. The molecule has 2 aromatic rings. The Morgan fingerprint density at radius 2 is 1.48 bits per heavy atom. The number of carboxylic acid groups (broad SMARTS) is 1. The molecule has 0 aromatic heterocycles. The van der Waals surface area contributed by atoms with Gasteiger partial charge >= 0.3 is 12.1 Å². The molecule has 9 amide bonds. The van der Waals surface area contributed by atoms with Crippen LogP contribution in [0, 0.1) is 17.8 Å². The largest absolute Gasteiger partial charge is 0.479 e. The molecular weight excluding hydrogens is 1160 g/mol. The highest BCUT2D eigenvalue weighted by Crippen LogP contribution is 2.33. The number of aliphatic hydroxyl groups excluding tert-OH is 5. The van der Waals surface area contributed by atoms with Crippen LogP contribution < -0.4 is 26.0 Å². The molecular formula is C59H84N8O21. The molecule has 14 atom stereocenters. The molecule has 0 radical (unpaired) electrons. The Bertz CT molecular complexity index is 2790. The van der Waals surface area contributed by atoms with Gasteiger partial charge in [0.2, 0.25) is 41.7 Å². The summed E-state index contributed by atoms with van der Waals surface area (Å²) in [4.78, 5) is 136. The number of carboxylic acids is 1. The Balaban J connectivity index is 1.26. The summed E-state index contributed by atoms with van der Waals surface area (Å²) in [7, 11) is 5.61. The van der Waals surface area contributed by atoms with Crippen molar-refractivity contribution < 1.29 is 102 Å². The van der Waals surface area contributed by atoms with Crippen molar-refractivity contribution in [2.75, 3.05) is 66.5 Å². The number of carbonyl (C=O) groups is 10. The lowest BCUT2D eigenvalue weighted by Crippen LogP contribution is -2.61. The molecule has 29 nitrogen and oxygen atoms in total. The standard InChI is InChI=1S/C59H84N8O21/c1-10-32(4)48(41(84-8)25-46(74)66-22-14-17-38(66)52(85-9)33(5)54(78)61-36(28-68)23-34-15-12-11-13-16-34)65(7)56(80)47(31(2)3)63-55(79)39(29-69)64(6)59(83)86-30-35-18-19-40(87-58-51(77)49(75)50(76)53(88-58)57(81)82)37(24-35)62-42(70)26-60-43(71)27-67-44(72)20-21-45(67)73/h11-13,15-16,18-21,24,31-33,36,38-39,41,47-53,58,68-69,75-77H,10,14,17,22-23,25-30H2,1-9H3,(H,60,71)(H,61,78)(H,62,70)(H,63,79)(H,81,82)/t32-,33+,36-,38-,39-,41+,47-,48-,49-,50-,51+,52+,53-,58+/m0/s1. The first-order valence-electron chi connectivity index (χ1n) is 28.9. The van der Waals surface area contributed by atoms with Gasteiger partial charge in [0.1, 0.15) is 49.3 Å². The van der Waals surface area contributed by atoms with Gasteiger partial charge in [-0.1, -0.05) is 77.4 Å². The number of hydrogen-bond acceptors (Lipinski definition) is 20. The first-order valence-corrected chi connectivity index (χ1v) is 28.9. The SMILES string of the molecule is CC[C@H](C)[C@@H]([C@@H](CC(=O)N1CCC[C@H]1[C@H](OC)[C@@H](C)C(=O)N[C@H](CO)Cc1ccccc1)OC)N(C)C(=O)[C@@H](NC(=O)[C@H](CO)N(C)C(=O)OCc1ccc(O[C@@H]2O[C@H](C(=O)O)[C@@H](O)[C@H](O)[C@H]2O)c(NC(=O)CNC(=O)CN2C(=O)C=CC2=O)c1)C(C)C. The number of nitrogens with one attached hydrogen (secondary N) is 4. The Hall–Kier alpha value is -7.64. The van der Waals surface area contributed by atoms with E-state index < -0.39 is 159 Å². The summed E-state index contributed by atoms with van der Waals surface area (Å²) in [6, 6.07) is 8.46. The summed E-state index contributed by atoms with van der Waals surface area (Å²) >= 11 is 0. The molecule has 0 aliphatic carbocycles. The molecule has 0 unspecified atom stereocenters. The highest BCUT2D eigenvalue weighted by molar-refractivity contribution is 6.14. The minimum absolute atomic E-state index is 0.114. The number of aliphatic hydroxyl groups is 5. The maximum atomic E-state index is 14.7. The fourth-order valence-corrected chi connectivity index (χ4v) is 10.7. The van der Waals surface area contributed by atoms with Crippen LogP contribution in [0.25, 0.3) is 0 Å². The van der Waals surface area contributed by atoms with E-state index in [1.54, 1.807) is 25.7 Å². The smallest absolute Gasteiger partial charge is 0.410 e. The number of carbonyl (C=O) groups excluding carboxylic acids is 9. The van der Waals surface area contributed by atoms with E-state index in [9.17, 15) is 78.6 Å². The average Bonchev–Trinajstić information content (AvgIpc) is 2.54. The summed E-state index contributed by atoms with van der Waals surface area (Å²) in [6.07, 6.45) is -9.00. The number of methoxy groups -OCH3 is 2. The van der Waals surface area contributed by atoms with Crippen LogP contribution in [0.3, 0.4) is 0 Å². The molecule has 0 spiro atoms. The Morgan fingerprint density at radius 1 is 0.807 bits per heavy atom. The van der Waals surface area contributed by atoms with E-state index >= 15 is 0 Å². The molecule has 88 heavy (non-hydrogen) atoms. The normalized spacial score (nSPS) is 21.9. The van der Waals surface area contributed by atoms with E-state index in [-0.39, 0.29) is 47.8 Å². The van der Waals surface area contributed by atoms with Crippen LogP contribution >= 0.6 is 0 Å². The van der Waals surface area contributed by atoms with Crippen LogP contribution in [-0.2, 0) is 75.1 Å². The molecule has 0 bridgehead atoms. The van der Waals surface area contributed by atoms with Crippen molar-refractivity contribution in [2.45, 2.75) is 146 Å². The van der Waals surface area contributed by atoms with Gasteiger partial charge in [-0.2, -0.15) is 0 Å². The van der Waals surface area contributed by atoms with Crippen LogP contribution in [0.2, 0.25) is 0 Å². The second-order valence-electron chi connectivity index (χ2n) is 22.4. The molecule has 3 heterocycles. The summed E-state index contributed by atoms with van der Waals surface area (Å²) < 4.78 is 28.3. The highest BCUT2D eigenvalue weighted by Gasteiger charge is 2.49. The molecule has 486 valence electrons. The van der Waals surface area contributed by atoms with E-state index in [0.717, 1.165) is 29.7 Å². The number of amides is 9. The van der Waals surface area contributed by atoms with Gasteiger partial charge in [-0.3, -0.25) is 48.2 Å². The van der Waals surface area contributed by atoms with Gasteiger partial charge in [0.25, 0.3) is 11.8 Å². The number of rotatable bonds is 31. The lowest BCUT2D eigenvalue weighted by Gasteiger charge is -2.41. The van der Waals surface area contributed by atoms with Gasteiger partial charge in [0.05, 0.1) is 68.1 Å². The average molecular weight is 1240 g/mol. The first kappa shape index (κ1) is 71.1. The summed E-state index contributed by atoms with van der Waals surface area (Å²) in [5.74, 6) is -9.06. The molecule has 0 saturated carbocycles. The van der Waals surface area contributed by atoms with Crippen LogP contribution in [-0.4, -0.2) is 244 Å². The van der Waals surface area contributed by atoms with Crippen molar-refractivity contribution in [1.29, 1.82) is 0 Å². The van der Waals surface area contributed by atoms with Crippen LogP contribution in [0.5, 0.6) is 5.75 Å². The molecule has 29 heteroatoms. The van der Waals surface area contributed by atoms with Crippen LogP contribution in [0.4, 0.5) is 10.5 Å². The number of benzene rings is 2. The number of likely N-dealkylation sites (N-methyl/N-ethyl adjacent to an activating group) is 2. The zero-order valence-electron chi connectivity index (χ0n) is 50.8. The van der Waals surface area contributed by atoms with E-state index in [4.69, 9.17) is 23.7 Å². The first-order chi connectivity index (χ1) is 41.7. The molecule has 2 fully saturated rings. The molecule has 10 N–H and O–H groups in total. The molecule has 3 aliphatic rings. The minimum atomic E-state index is -2.07. The van der Waals surface area contributed by atoms with Gasteiger partial charge in [-0.25, -0.2) is 9.59 Å². The second kappa shape index (κ2) is 33.1. The third-order valence-electron chi connectivity index (χ3n) is 16.0. The van der Waals surface area contributed by atoms with Gasteiger partial charge < -0.3 is 85.4 Å². The third kappa shape index (κ3) is 18.2. The maximum absolute atomic E-state index is 14.7. The van der Waals surface area contributed by atoms with Crippen molar-refractivity contribution in [3.8, 4) is 5.75 Å². The summed E-state index contributed by atoms with van der Waals surface area (Å²) in [5, 5.41) is 71.8. The number of nitrogens with zero attached hydrogens (tertiary/aromatic N) is 4. The third-order valence-corrected chi connectivity index (χ3v) is 16.0. The van der Waals surface area contributed by atoms with Crippen molar-refractivity contribution in [3.05, 3.63) is 71.8 Å². The van der Waals surface area contributed by atoms with E-state index in [0.29, 0.717) is 37.1 Å². The quantitative estimate of drug-likeness (QED) is 0.0390. The molecule has 3 aliphatic heterocycles. The van der Waals surface area contributed by atoms with Gasteiger partial charge in [-0.15, -0.1) is 0 Å². The van der Waals surface area contributed by atoms with Crippen LogP contribution in [0.1, 0.15) is 71.4 Å². The van der Waals surface area contributed by atoms with E-state index in [1.165, 1.54) is 44.4 Å². The second-order valence-corrected chi connectivity index (χ2v) is 22.4. The molecule has 5 rings (SSSR count). The zero-order valence-corrected chi connectivity index (χ0v) is 50.8. The van der Waals surface area contributed by atoms with E-state index in [2.05, 4.69) is 21.3 Å². The number of likely N-dealkylation sites (tertiary alicyclic amines) is 1. The number of hydrogen-bond donors (Lipinski definition) is 10. The van der Waals surface area contributed by atoms with Crippen molar-refractivity contribution >= 4 is 65.0 Å². The fourth-order valence-electron chi connectivity index (χ4n) is 10.7. The lowest BCUT2D eigenvalue weighted by atomic mass is 9.89. The van der Waals surface area contributed by atoms with Gasteiger partial charge in [0, 0.05) is 47.0 Å². The lowest BCUT2D eigenvalue weighted by molar-refractivity contribution is -0.271. The van der Waals surface area contributed by atoms with Gasteiger partial charge in [-0.05, 0) is 54.4 Å². The Labute approximate surface area is 509 Å². The number of imide groups is 1. The number of aliphatic carboxylic acids is 1. The zero-order chi connectivity index (χ0) is 65.3. The Kier molecular flexibility index (Phi) is 26.7. The van der Waals surface area contributed by atoms with Gasteiger partial charge in [0.15, 0.2) is 6.10 Å². The number of anilines is 1. The maximum Gasteiger partial charge on any atom is 0.410 e. The van der Waals surface area contributed by atoms with Crippen LogP contribution in [0.15, 0.2) is 60.7 Å². The summed E-state index contributed by atoms with van der Waals surface area (Å²) in [6.45, 7) is 5.99. The Morgan fingerprint density at radius 3 is 2.07 bits per heavy atom. The van der Waals surface area contributed by atoms with E-state index in [1.807, 2.05) is 44.2 Å². The predicted molar refractivity (Wildman–Crippen MR) is 310 cm³/mol. The minimum Gasteiger partial charge on any atom is -0.479 e.